The molecule has 0 saturated carbocycles. The van der Waals surface area contributed by atoms with Crippen LogP contribution in [-0.2, 0) is 4.79 Å². The molecule has 0 aliphatic heterocycles. The molecule has 1 aromatic carbocycles. The van der Waals surface area contributed by atoms with Crippen molar-refractivity contribution in [1.82, 2.24) is 5.32 Å². The highest BCUT2D eigenvalue weighted by Gasteiger charge is 2.14. The number of halogens is 2. The van der Waals surface area contributed by atoms with Crippen molar-refractivity contribution in [3.05, 3.63) is 34.9 Å². The Morgan fingerprint density at radius 1 is 1.40 bits per heavy atom. The van der Waals surface area contributed by atoms with Gasteiger partial charge in [0.25, 0.3) is 0 Å². The lowest BCUT2D eigenvalue weighted by molar-refractivity contribution is -0.120. The van der Waals surface area contributed by atoms with Gasteiger partial charge in [-0.05, 0) is 25.5 Å². The zero-order valence-electron chi connectivity index (χ0n) is 8.63. The van der Waals surface area contributed by atoms with Crippen molar-refractivity contribution in [2.75, 3.05) is 0 Å². The van der Waals surface area contributed by atoms with Gasteiger partial charge >= 0.3 is 0 Å². The van der Waals surface area contributed by atoms with E-state index in [-0.39, 0.29) is 16.8 Å². The third-order valence-corrected chi connectivity index (χ3v) is 2.85. The zero-order chi connectivity index (χ0) is 11.4. The van der Waals surface area contributed by atoms with E-state index < -0.39 is 0 Å². The van der Waals surface area contributed by atoms with Crippen LogP contribution in [0.2, 0.25) is 5.02 Å². The van der Waals surface area contributed by atoms with Gasteiger partial charge in [0.05, 0.1) is 10.9 Å². The van der Waals surface area contributed by atoms with Gasteiger partial charge in [-0.1, -0.05) is 45.7 Å². The van der Waals surface area contributed by atoms with Crippen molar-refractivity contribution in [2.45, 2.75) is 24.7 Å². The number of carbonyl (C=O) groups excluding carboxylic acids is 1. The van der Waals surface area contributed by atoms with Crippen molar-refractivity contribution in [3.8, 4) is 0 Å². The number of nitrogens with one attached hydrogen (secondary N) is 1. The second kappa shape index (κ2) is 5.52. The van der Waals surface area contributed by atoms with E-state index in [1.807, 2.05) is 31.2 Å². The molecule has 15 heavy (non-hydrogen) atoms. The van der Waals surface area contributed by atoms with E-state index >= 15 is 0 Å². The first kappa shape index (κ1) is 12.5. The molecular weight excluding hydrogens is 277 g/mol. The molecule has 1 aromatic rings. The fourth-order valence-corrected chi connectivity index (χ4v) is 1.66. The maximum absolute atomic E-state index is 11.4. The van der Waals surface area contributed by atoms with Crippen LogP contribution in [0, 0.1) is 0 Å². The fourth-order valence-electron chi connectivity index (χ4n) is 1.23. The molecule has 0 bridgehead atoms. The predicted octanol–water partition coefficient (Wildman–Crippen LogP) is 3.30. The van der Waals surface area contributed by atoms with Gasteiger partial charge in [0.2, 0.25) is 5.91 Å². The molecule has 4 heteroatoms. The molecule has 1 unspecified atom stereocenters. The maximum atomic E-state index is 11.4. The molecular formula is C11H13BrClNO. The minimum absolute atomic E-state index is 0.0394. The number of amides is 1. The maximum Gasteiger partial charge on any atom is 0.233 e. The lowest BCUT2D eigenvalue weighted by Gasteiger charge is -2.16. The lowest BCUT2D eigenvalue weighted by atomic mass is 10.1. The van der Waals surface area contributed by atoms with Gasteiger partial charge in [-0.3, -0.25) is 4.79 Å². The SMILES string of the molecule is CC(Br)C(=O)N[C@@H](C)c1ccccc1Cl. The van der Waals surface area contributed by atoms with Gasteiger partial charge < -0.3 is 5.32 Å². The number of benzene rings is 1. The molecule has 1 amide bonds. The quantitative estimate of drug-likeness (QED) is 0.850. The van der Waals surface area contributed by atoms with Crippen molar-refractivity contribution in [1.29, 1.82) is 0 Å². The summed E-state index contributed by atoms with van der Waals surface area (Å²) >= 11 is 9.23. The third-order valence-electron chi connectivity index (χ3n) is 2.09. The second-order valence-corrected chi connectivity index (χ2v) is 5.15. The first-order chi connectivity index (χ1) is 7.02. The van der Waals surface area contributed by atoms with Crippen LogP contribution in [-0.4, -0.2) is 10.7 Å². The van der Waals surface area contributed by atoms with Crippen LogP contribution in [0.1, 0.15) is 25.5 Å². The molecule has 0 saturated heterocycles. The number of carbonyl (C=O) groups is 1. The van der Waals surface area contributed by atoms with E-state index in [1.54, 1.807) is 6.92 Å². The van der Waals surface area contributed by atoms with E-state index in [1.165, 1.54) is 0 Å². The summed E-state index contributed by atoms with van der Waals surface area (Å²) in [6, 6.07) is 7.42. The molecule has 1 N–H and O–H groups in total. The summed E-state index contributed by atoms with van der Waals surface area (Å²) < 4.78 is 0. The van der Waals surface area contributed by atoms with Crippen LogP contribution in [0.25, 0.3) is 0 Å². The normalized spacial score (nSPS) is 14.4. The number of alkyl halides is 1. The predicted molar refractivity (Wildman–Crippen MR) is 66.4 cm³/mol. The molecule has 0 fully saturated rings. The van der Waals surface area contributed by atoms with Crippen LogP contribution in [0.15, 0.2) is 24.3 Å². The molecule has 82 valence electrons. The standard InChI is InChI=1S/C11H13BrClNO/c1-7(12)11(15)14-8(2)9-5-3-4-6-10(9)13/h3-8H,1-2H3,(H,14,15)/t7?,8-/m0/s1. The van der Waals surface area contributed by atoms with E-state index in [0.29, 0.717) is 5.02 Å². The molecule has 2 atom stereocenters. The Kier molecular flexibility index (Phi) is 4.61. The van der Waals surface area contributed by atoms with Crippen LogP contribution >= 0.6 is 27.5 Å². The summed E-state index contributed by atoms with van der Waals surface area (Å²) in [4.78, 5) is 11.2. The highest BCUT2D eigenvalue weighted by Crippen LogP contribution is 2.22. The van der Waals surface area contributed by atoms with Gasteiger partial charge in [0.15, 0.2) is 0 Å². The van der Waals surface area contributed by atoms with Crippen LogP contribution in [0.3, 0.4) is 0 Å². The van der Waals surface area contributed by atoms with E-state index in [2.05, 4.69) is 21.2 Å². The average Bonchev–Trinajstić information content (AvgIpc) is 2.18. The van der Waals surface area contributed by atoms with Crippen LogP contribution < -0.4 is 5.32 Å². The van der Waals surface area contributed by atoms with Crippen molar-refractivity contribution >= 4 is 33.4 Å². The smallest absolute Gasteiger partial charge is 0.233 e. The molecule has 2 nitrogen and oxygen atoms in total. The van der Waals surface area contributed by atoms with Gasteiger partial charge in [-0.15, -0.1) is 0 Å². The Morgan fingerprint density at radius 3 is 2.53 bits per heavy atom. The molecule has 0 radical (unpaired) electrons. The molecule has 1 rings (SSSR count). The van der Waals surface area contributed by atoms with Crippen LogP contribution in [0.5, 0.6) is 0 Å². The van der Waals surface area contributed by atoms with Gasteiger partial charge in [-0.2, -0.15) is 0 Å². The third kappa shape index (κ3) is 3.50. The topological polar surface area (TPSA) is 29.1 Å². The first-order valence-electron chi connectivity index (χ1n) is 4.71. The number of hydrogen-bond donors (Lipinski definition) is 1. The van der Waals surface area contributed by atoms with Gasteiger partial charge in [0.1, 0.15) is 0 Å². The molecule has 0 aliphatic carbocycles. The molecule has 0 spiro atoms. The largest absolute Gasteiger partial charge is 0.349 e. The average molecular weight is 291 g/mol. The molecule has 0 aromatic heterocycles. The summed E-state index contributed by atoms with van der Waals surface area (Å²) in [5, 5.41) is 3.54. The highest BCUT2D eigenvalue weighted by molar-refractivity contribution is 9.10. The summed E-state index contributed by atoms with van der Waals surface area (Å²) in [5.74, 6) is -0.0394. The zero-order valence-corrected chi connectivity index (χ0v) is 11.0. The summed E-state index contributed by atoms with van der Waals surface area (Å²) in [5.41, 5.74) is 0.931. The molecule has 0 heterocycles. The number of rotatable bonds is 3. The van der Waals surface area contributed by atoms with Crippen molar-refractivity contribution in [2.24, 2.45) is 0 Å². The Hall–Kier alpha value is -0.540. The monoisotopic (exact) mass is 289 g/mol. The molecule has 0 aliphatic rings. The first-order valence-corrected chi connectivity index (χ1v) is 6.00. The Labute approximate surface area is 103 Å². The van der Waals surface area contributed by atoms with Crippen molar-refractivity contribution in [3.63, 3.8) is 0 Å². The minimum atomic E-state index is -0.192. The number of hydrogen-bond acceptors (Lipinski definition) is 1. The highest BCUT2D eigenvalue weighted by atomic mass is 79.9. The van der Waals surface area contributed by atoms with Crippen molar-refractivity contribution < 1.29 is 4.79 Å². The lowest BCUT2D eigenvalue weighted by Crippen LogP contribution is -2.31. The van der Waals surface area contributed by atoms with E-state index in [4.69, 9.17) is 11.6 Å². The Morgan fingerprint density at radius 2 is 2.00 bits per heavy atom. The Balaban J connectivity index is 2.73. The van der Waals surface area contributed by atoms with Crippen LogP contribution in [0.4, 0.5) is 0 Å². The summed E-state index contributed by atoms with van der Waals surface area (Å²) in [6.07, 6.45) is 0. The summed E-state index contributed by atoms with van der Waals surface area (Å²) in [7, 11) is 0. The fraction of sp³-hybridized carbons (Fsp3) is 0.364. The second-order valence-electron chi connectivity index (χ2n) is 3.37. The van der Waals surface area contributed by atoms with E-state index in [9.17, 15) is 4.79 Å². The van der Waals surface area contributed by atoms with Gasteiger partial charge in [-0.25, -0.2) is 0 Å². The van der Waals surface area contributed by atoms with E-state index in [0.717, 1.165) is 5.56 Å². The Bertz CT molecular complexity index is 354. The minimum Gasteiger partial charge on any atom is -0.349 e. The summed E-state index contributed by atoms with van der Waals surface area (Å²) in [6.45, 7) is 3.70. The van der Waals surface area contributed by atoms with Gasteiger partial charge in [0, 0.05) is 5.02 Å².